The number of pyridine rings is 1. The summed E-state index contributed by atoms with van der Waals surface area (Å²) in [7, 11) is 0. The van der Waals surface area contributed by atoms with Gasteiger partial charge in [-0.1, -0.05) is 11.6 Å². The standard InChI is InChI=1S/C23H23ClFN3O2.ClH/c1-14(23(29)28-10-2-3-16(26)13-28)30-17-5-7-20-18(8-9-27-22(20)12-17)19-6-4-15(25)11-21(19)24;/h4-9,11-12,14,16H,2-3,10,13,26H2,1H3;1H/t14?,16-;/m0./s1. The zero-order valence-electron chi connectivity index (χ0n) is 17.1. The maximum absolute atomic E-state index is 13.4. The van der Waals surface area contributed by atoms with Gasteiger partial charge in [0.1, 0.15) is 11.6 Å². The quantitative estimate of drug-likeness (QED) is 0.601. The number of benzene rings is 2. The first-order valence-corrected chi connectivity index (χ1v) is 10.4. The molecule has 31 heavy (non-hydrogen) atoms. The molecule has 1 unspecified atom stereocenters. The van der Waals surface area contributed by atoms with Gasteiger partial charge in [0.05, 0.1) is 10.5 Å². The van der Waals surface area contributed by atoms with Crippen LogP contribution >= 0.6 is 24.0 Å². The third-order valence-corrected chi connectivity index (χ3v) is 5.68. The Bertz CT molecular complexity index is 1100. The van der Waals surface area contributed by atoms with Crippen molar-refractivity contribution in [2.24, 2.45) is 5.73 Å². The van der Waals surface area contributed by atoms with Crippen molar-refractivity contribution in [2.45, 2.75) is 31.9 Å². The first-order valence-electron chi connectivity index (χ1n) is 9.97. The van der Waals surface area contributed by atoms with Gasteiger partial charge in [-0.05, 0) is 61.7 Å². The van der Waals surface area contributed by atoms with Crippen molar-refractivity contribution in [1.82, 2.24) is 9.88 Å². The summed E-state index contributed by atoms with van der Waals surface area (Å²) in [5.74, 6) is 0.107. The first-order chi connectivity index (χ1) is 14.4. The zero-order valence-corrected chi connectivity index (χ0v) is 18.6. The minimum absolute atomic E-state index is 0. The van der Waals surface area contributed by atoms with Crippen molar-refractivity contribution in [3.8, 4) is 16.9 Å². The fourth-order valence-electron chi connectivity index (χ4n) is 3.87. The van der Waals surface area contributed by atoms with Crippen LogP contribution in [0.3, 0.4) is 0 Å². The van der Waals surface area contributed by atoms with Gasteiger partial charge in [-0.3, -0.25) is 9.78 Å². The molecule has 1 saturated heterocycles. The Morgan fingerprint density at radius 1 is 1.26 bits per heavy atom. The van der Waals surface area contributed by atoms with Gasteiger partial charge in [-0.25, -0.2) is 4.39 Å². The van der Waals surface area contributed by atoms with E-state index in [1.54, 1.807) is 36.2 Å². The number of amides is 1. The number of carbonyl (C=O) groups excluding carboxylic acids is 1. The van der Waals surface area contributed by atoms with Crippen molar-refractivity contribution in [2.75, 3.05) is 13.1 Å². The van der Waals surface area contributed by atoms with Gasteiger partial charge in [-0.2, -0.15) is 0 Å². The highest BCUT2D eigenvalue weighted by Crippen LogP contribution is 2.34. The van der Waals surface area contributed by atoms with Crippen molar-refractivity contribution in [1.29, 1.82) is 0 Å². The predicted molar refractivity (Wildman–Crippen MR) is 123 cm³/mol. The summed E-state index contributed by atoms with van der Waals surface area (Å²) in [5.41, 5.74) is 8.26. The first kappa shape index (κ1) is 23.3. The second kappa shape index (κ2) is 9.81. The molecule has 2 heterocycles. The van der Waals surface area contributed by atoms with E-state index >= 15 is 0 Å². The van der Waals surface area contributed by atoms with Gasteiger partial charge in [0.25, 0.3) is 5.91 Å². The maximum atomic E-state index is 13.4. The van der Waals surface area contributed by atoms with E-state index in [9.17, 15) is 9.18 Å². The average molecular weight is 464 g/mol. The van der Waals surface area contributed by atoms with Crippen molar-refractivity contribution < 1.29 is 13.9 Å². The summed E-state index contributed by atoms with van der Waals surface area (Å²) in [5, 5.41) is 1.20. The SMILES string of the molecule is CC(Oc1ccc2c(-c3ccc(F)cc3Cl)ccnc2c1)C(=O)N1CCC[C@H](N)C1.Cl. The van der Waals surface area contributed by atoms with Crippen LogP contribution in [-0.2, 0) is 4.79 Å². The fourth-order valence-corrected chi connectivity index (χ4v) is 4.13. The highest BCUT2D eigenvalue weighted by atomic mass is 35.5. The van der Waals surface area contributed by atoms with Crippen LogP contribution in [0.1, 0.15) is 19.8 Å². The van der Waals surface area contributed by atoms with E-state index in [-0.39, 0.29) is 30.2 Å². The molecule has 2 aromatic carbocycles. The molecule has 1 amide bonds. The van der Waals surface area contributed by atoms with Gasteiger partial charge >= 0.3 is 0 Å². The molecular weight excluding hydrogens is 440 g/mol. The molecule has 4 rings (SSSR count). The van der Waals surface area contributed by atoms with Crippen LogP contribution in [0, 0.1) is 5.82 Å². The Hall–Kier alpha value is -2.41. The molecule has 1 aromatic heterocycles. The molecule has 1 aliphatic rings. The number of aromatic nitrogens is 1. The summed E-state index contributed by atoms with van der Waals surface area (Å²) in [4.78, 5) is 18.9. The minimum atomic E-state index is -0.623. The largest absolute Gasteiger partial charge is 0.481 e. The molecule has 5 nitrogen and oxygen atoms in total. The number of ether oxygens (including phenoxy) is 1. The van der Waals surface area contributed by atoms with E-state index in [4.69, 9.17) is 22.1 Å². The number of hydrogen-bond donors (Lipinski definition) is 1. The molecule has 0 radical (unpaired) electrons. The van der Waals surface area contributed by atoms with Crippen molar-refractivity contribution >= 4 is 40.8 Å². The van der Waals surface area contributed by atoms with Crippen LogP contribution in [0.4, 0.5) is 4.39 Å². The van der Waals surface area contributed by atoms with Gasteiger partial charge in [-0.15, -0.1) is 12.4 Å². The monoisotopic (exact) mass is 463 g/mol. The van der Waals surface area contributed by atoms with Crippen LogP contribution < -0.4 is 10.5 Å². The summed E-state index contributed by atoms with van der Waals surface area (Å²) in [6.07, 6.45) is 2.90. The third kappa shape index (κ3) is 5.09. The number of rotatable bonds is 4. The maximum Gasteiger partial charge on any atom is 0.263 e. The fraction of sp³-hybridized carbons (Fsp3) is 0.304. The number of carbonyl (C=O) groups is 1. The molecule has 0 spiro atoms. The Labute approximate surface area is 191 Å². The highest BCUT2D eigenvalue weighted by Gasteiger charge is 2.26. The number of nitrogens with two attached hydrogens (primary N) is 1. The normalized spacial score (nSPS) is 17.2. The smallest absolute Gasteiger partial charge is 0.263 e. The minimum Gasteiger partial charge on any atom is -0.481 e. The molecule has 1 aliphatic heterocycles. The van der Waals surface area contributed by atoms with Gasteiger partial charge in [0, 0.05) is 42.3 Å². The number of fused-ring (bicyclic) bond motifs is 1. The molecule has 2 N–H and O–H groups in total. The lowest BCUT2D eigenvalue weighted by molar-refractivity contribution is -0.139. The molecule has 0 aliphatic carbocycles. The molecule has 164 valence electrons. The number of halogens is 3. The zero-order chi connectivity index (χ0) is 21.3. The molecule has 3 aromatic rings. The van der Waals surface area contributed by atoms with Crippen molar-refractivity contribution in [3.05, 3.63) is 59.5 Å². The average Bonchev–Trinajstić information content (AvgIpc) is 2.73. The number of nitrogens with zero attached hydrogens (tertiary/aromatic N) is 2. The van der Waals surface area contributed by atoms with Crippen molar-refractivity contribution in [3.63, 3.8) is 0 Å². The summed E-state index contributed by atoms with van der Waals surface area (Å²) in [6.45, 7) is 3.02. The predicted octanol–water partition coefficient (Wildman–Crippen LogP) is 4.83. The summed E-state index contributed by atoms with van der Waals surface area (Å²) < 4.78 is 19.3. The lowest BCUT2D eigenvalue weighted by Crippen LogP contribution is -2.49. The topological polar surface area (TPSA) is 68.5 Å². The van der Waals surface area contributed by atoms with Crippen LogP contribution in [0.25, 0.3) is 22.0 Å². The molecule has 1 fully saturated rings. The van der Waals surface area contributed by atoms with Crippen LogP contribution in [0.2, 0.25) is 5.02 Å². The van der Waals surface area contributed by atoms with Gasteiger partial charge in [0.2, 0.25) is 0 Å². The Morgan fingerprint density at radius 3 is 2.81 bits per heavy atom. The van der Waals surface area contributed by atoms with Crippen LogP contribution in [-0.4, -0.2) is 41.0 Å². The van der Waals surface area contributed by atoms with E-state index in [2.05, 4.69) is 4.98 Å². The van der Waals surface area contributed by atoms with E-state index < -0.39 is 6.10 Å². The number of piperidine rings is 1. The lowest BCUT2D eigenvalue weighted by atomic mass is 10.0. The van der Waals surface area contributed by atoms with Crippen LogP contribution in [0.15, 0.2) is 48.7 Å². The van der Waals surface area contributed by atoms with E-state index in [1.165, 1.54) is 12.1 Å². The Balaban J connectivity index is 0.00000272. The summed E-state index contributed by atoms with van der Waals surface area (Å²) in [6, 6.07) is 11.7. The molecule has 8 heteroatoms. The Morgan fingerprint density at radius 2 is 2.06 bits per heavy atom. The Kier molecular flexibility index (Phi) is 7.36. The van der Waals surface area contributed by atoms with E-state index in [0.29, 0.717) is 29.4 Å². The third-order valence-electron chi connectivity index (χ3n) is 5.37. The second-order valence-electron chi connectivity index (χ2n) is 7.61. The molecule has 0 bridgehead atoms. The lowest BCUT2D eigenvalue weighted by Gasteiger charge is -2.32. The van der Waals surface area contributed by atoms with E-state index in [0.717, 1.165) is 29.4 Å². The molecule has 2 atom stereocenters. The number of likely N-dealkylation sites (tertiary alicyclic amines) is 1. The number of hydrogen-bond acceptors (Lipinski definition) is 4. The highest BCUT2D eigenvalue weighted by molar-refractivity contribution is 6.33. The van der Waals surface area contributed by atoms with E-state index in [1.807, 2.05) is 12.1 Å². The van der Waals surface area contributed by atoms with Crippen LogP contribution in [0.5, 0.6) is 5.75 Å². The van der Waals surface area contributed by atoms with Gasteiger partial charge in [0.15, 0.2) is 6.10 Å². The molecular formula is C23H24Cl2FN3O2. The summed E-state index contributed by atoms with van der Waals surface area (Å²) >= 11 is 6.25. The second-order valence-corrected chi connectivity index (χ2v) is 8.02. The molecule has 0 saturated carbocycles. The van der Waals surface area contributed by atoms with Gasteiger partial charge < -0.3 is 15.4 Å².